The van der Waals surface area contributed by atoms with Crippen LogP contribution >= 0.6 is 0 Å². The molecule has 1 aliphatic carbocycles. The van der Waals surface area contributed by atoms with Gasteiger partial charge in [-0.05, 0) is 38.8 Å². The first-order chi connectivity index (χ1) is 8.74. The Morgan fingerprint density at radius 3 is 3.00 bits per heavy atom. The largest absolute Gasteiger partial charge is 0.364 e. The predicted molar refractivity (Wildman–Crippen MR) is 73.5 cm³/mol. The number of ether oxygens (including phenoxy) is 1. The fourth-order valence-electron chi connectivity index (χ4n) is 2.11. The van der Waals surface area contributed by atoms with Crippen molar-refractivity contribution in [2.75, 3.05) is 26.7 Å². The summed E-state index contributed by atoms with van der Waals surface area (Å²) in [6.45, 7) is 3.71. The molecule has 18 heavy (non-hydrogen) atoms. The van der Waals surface area contributed by atoms with E-state index in [-0.39, 0.29) is 18.6 Å². The lowest BCUT2D eigenvalue weighted by atomic mass is 9.98. The van der Waals surface area contributed by atoms with Crippen molar-refractivity contribution >= 4 is 5.91 Å². The molecule has 2 N–H and O–H groups in total. The molecule has 0 spiro atoms. The number of hydrogen-bond donors (Lipinski definition) is 2. The molecule has 0 fully saturated rings. The quantitative estimate of drug-likeness (QED) is 0.559. The average molecular weight is 254 g/mol. The Hall–Kier alpha value is -0.870. The van der Waals surface area contributed by atoms with Crippen LogP contribution in [0.4, 0.5) is 0 Å². The van der Waals surface area contributed by atoms with Crippen LogP contribution in [0.15, 0.2) is 11.6 Å². The van der Waals surface area contributed by atoms with Gasteiger partial charge >= 0.3 is 0 Å². The van der Waals surface area contributed by atoms with E-state index in [0.717, 1.165) is 19.4 Å². The summed E-state index contributed by atoms with van der Waals surface area (Å²) in [6.07, 6.45) is 8.28. The Kier molecular flexibility index (Phi) is 7.69. The highest BCUT2D eigenvalue weighted by molar-refractivity contribution is 5.77. The summed E-state index contributed by atoms with van der Waals surface area (Å²) in [4.78, 5) is 11.5. The van der Waals surface area contributed by atoms with Crippen molar-refractivity contribution < 1.29 is 9.53 Å². The molecule has 4 heteroatoms. The van der Waals surface area contributed by atoms with E-state index in [4.69, 9.17) is 4.74 Å². The maximum absolute atomic E-state index is 11.5. The number of likely N-dealkylation sites (N-methyl/N-ethyl adjacent to an activating group) is 1. The number of hydrogen-bond acceptors (Lipinski definition) is 3. The van der Waals surface area contributed by atoms with Gasteiger partial charge in [-0.3, -0.25) is 4.79 Å². The fraction of sp³-hybridized carbons (Fsp3) is 0.786. The zero-order valence-corrected chi connectivity index (χ0v) is 11.6. The molecule has 0 radical (unpaired) electrons. The van der Waals surface area contributed by atoms with Gasteiger partial charge in [0.1, 0.15) is 6.61 Å². The summed E-state index contributed by atoms with van der Waals surface area (Å²) >= 11 is 0. The van der Waals surface area contributed by atoms with E-state index in [9.17, 15) is 4.79 Å². The summed E-state index contributed by atoms with van der Waals surface area (Å²) in [5, 5.41) is 5.81. The molecule has 0 heterocycles. The molecule has 1 atom stereocenters. The van der Waals surface area contributed by atoms with Gasteiger partial charge in [0.05, 0.1) is 6.10 Å². The highest BCUT2D eigenvalue weighted by atomic mass is 16.5. The second kappa shape index (κ2) is 9.11. The minimum atomic E-state index is -0.0277. The van der Waals surface area contributed by atoms with Gasteiger partial charge in [0.15, 0.2) is 0 Å². The molecule has 1 aliphatic rings. The third-order valence-electron chi connectivity index (χ3n) is 3.26. The van der Waals surface area contributed by atoms with Crippen molar-refractivity contribution in [3.63, 3.8) is 0 Å². The van der Waals surface area contributed by atoms with Crippen molar-refractivity contribution in [3.05, 3.63) is 11.6 Å². The van der Waals surface area contributed by atoms with Crippen LogP contribution in [0.1, 0.15) is 39.0 Å². The lowest BCUT2D eigenvalue weighted by Gasteiger charge is -2.20. The highest BCUT2D eigenvalue weighted by Crippen LogP contribution is 2.19. The smallest absolute Gasteiger partial charge is 0.246 e. The molecule has 0 aromatic heterocycles. The molecule has 0 aliphatic heterocycles. The van der Waals surface area contributed by atoms with E-state index in [1.54, 1.807) is 0 Å². The second-order valence-corrected chi connectivity index (χ2v) is 4.84. The summed E-state index contributed by atoms with van der Waals surface area (Å²) < 4.78 is 5.72. The number of nitrogens with one attached hydrogen (secondary N) is 2. The summed E-state index contributed by atoms with van der Waals surface area (Å²) in [5.74, 6) is -0.0277. The summed E-state index contributed by atoms with van der Waals surface area (Å²) in [5.41, 5.74) is 1.28. The van der Waals surface area contributed by atoms with Crippen LogP contribution < -0.4 is 10.6 Å². The van der Waals surface area contributed by atoms with Gasteiger partial charge < -0.3 is 15.4 Å². The van der Waals surface area contributed by atoms with Crippen molar-refractivity contribution in [2.24, 2.45) is 0 Å². The van der Waals surface area contributed by atoms with Crippen molar-refractivity contribution in [2.45, 2.75) is 45.1 Å². The highest BCUT2D eigenvalue weighted by Gasteiger charge is 2.14. The Morgan fingerprint density at radius 1 is 1.39 bits per heavy atom. The molecule has 1 rings (SSSR count). The van der Waals surface area contributed by atoms with Gasteiger partial charge in [0.25, 0.3) is 0 Å². The molecule has 1 unspecified atom stereocenters. The Bertz CT molecular complexity index is 277. The zero-order valence-electron chi connectivity index (χ0n) is 11.6. The second-order valence-electron chi connectivity index (χ2n) is 4.84. The van der Waals surface area contributed by atoms with E-state index >= 15 is 0 Å². The van der Waals surface area contributed by atoms with Gasteiger partial charge in [0, 0.05) is 13.1 Å². The standard InChI is InChI=1S/C14H26N2O2/c1-12-7-5-3-4-6-8-13(12)18-11-14(17)16-10-9-15-2/h7,13,15H,3-6,8-11H2,1-2H3,(H,16,17). The first kappa shape index (κ1) is 15.2. The number of rotatable bonds is 6. The maximum atomic E-state index is 11.5. The predicted octanol–water partition coefficient (Wildman–Crippen LogP) is 1.62. The lowest BCUT2D eigenvalue weighted by molar-refractivity contribution is -0.127. The van der Waals surface area contributed by atoms with Crippen molar-refractivity contribution in [1.29, 1.82) is 0 Å². The maximum Gasteiger partial charge on any atom is 0.246 e. The normalized spacial score (nSPS) is 20.8. The van der Waals surface area contributed by atoms with Gasteiger partial charge in [-0.2, -0.15) is 0 Å². The van der Waals surface area contributed by atoms with Crippen LogP contribution in [0.2, 0.25) is 0 Å². The molecular weight excluding hydrogens is 228 g/mol. The van der Waals surface area contributed by atoms with E-state index in [2.05, 4.69) is 23.6 Å². The van der Waals surface area contributed by atoms with E-state index < -0.39 is 0 Å². The monoisotopic (exact) mass is 254 g/mol. The van der Waals surface area contributed by atoms with Gasteiger partial charge in [-0.25, -0.2) is 0 Å². The lowest BCUT2D eigenvalue weighted by Crippen LogP contribution is -2.34. The molecule has 0 saturated carbocycles. The van der Waals surface area contributed by atoms with Gasteiger partial charge in [-0.1, -0.05) is 18.9 Å². The molecule has 0 aromatic carbocycles. The Balaban J connectivity index is 2.27. The van der Waals surface area contributed by atoms with Gasteiger partial charge in [-0.15, -0.1) is 0 Å². The molecule has 104 valence electrons. The first-order valence-electron chi connectivity index (χ1n) is 6.93. The summed E-state index contributed by atoms with van der Waals surface area (Å²) in [7, 11) is 1.87. The van der Waals surface area contributed by atoms with Crippen LogP contribution in [-0.4, -0.2) is 38.8 Å². The van der Waals surface area contributed by atoms with Crippen LogP contribution in [-0.2, 0) is 9.53 Å². The number of carbonyl (C=O) groups excluding carboxylic acids is 1. The van der Waals surface area contributed by atoms with Gasteiger partial charge in [0.2, 0.25) is 5.91 Å². The Morgan fingerprint density at radius 2 is 2.22 bits per heavy atom. The zero-order chi connectivity index (χ0) is 13.2. The topological polar surface area (TPSA) is 50.4 Å². The number of carbonyl (C=O) groups is 1. The number of allylic oxidation sites excluding steroid dienone is 1. The molecule has 4 nitrogen and oxygen atoms in total. The van der Waals surface area contributed by atoms with Crippen molar-refractivity contribution in [1.82, 2.24) is 10.6 Å². The molecule has 1 amide bonds. The summed E-state index contributed by atoms with van der Waals surface area (Å²) in [6, 6.07) is 0. The number of amides is 1. The minimum Gasteiger partial charge on any atom is -0.364 e. The molecule has 0 bridgehead atoms. The third kappa shape index (κ3) is 6.17. The van der Waals surface area contributed by atoms with Crippen LogP contribution in [0, 0.1) is 0 Å². The van der Waals surface area contributed by atoms with Crippen LogP contribution in [0.5, 0.6) is 0 Å². The minimum absolute atomic E-state index is 0.0277. The van der Waals surface area contributed by atoms with E-state index in [1.165, 1.54) is 24.8 Å². The third-order valence-corrected chi connectivity index (χ3v) is 3.26. The van der Waals surface area contributed by atoms with E-state index in [1.807, 2.05) is 7.05 Å². The van der Waals surface area contributed by atoms with Crippen LogP contribution in [0.25, 0.3) is 0 Å². The average Bonchev–Trinajstić information content (AvgIpc) is 2.34. The SMILES string of the molecule is CNCCNC(=O)COC1CCCCCC=C1C. The van der Waals surface area contributed by atoms with Crippen molar-refractivity contribution in [3.8, 4) is 0 Å². The first-order valence-corrected chi connectivity index (χ1v) is 6.93. The Labute approximate surface area is 110 Å². The fourth-order valence-corrected chi connectivity index (χ4v) is 2.11. The molecule has 0 saturated heterocycles. The van der Waals surface area contributed by atoms with E-state index in [0.29, 0.717) is 6.54 Å². The molecular formula is C14H26N2O2. The molecule has 0 aromatic rings. The van der Waals surface area contributed by atoms with Crippen LogP contribution in [0.3, 0.4) is 0 Å².